The third-order valence-corrected chi connectivity index (χ3v) is 13.3. The Hall–Kier alpha value is -2.46. The molecule has 9 heteroatoms. The maximum atomic E-state index is 13.4. The Morgan fingerprint density at radius 3 is 2.73 bits per heavy atom. The van der Waals surface area contributed by atoms with Crippen molar-refractivity contribution < 1.29 is 24.9 Å². The Morgan fingerprint density at radius 2 is 1.95 bits per heavy atom. The summed E-state index contributed by atoms with van der Waals surface area (Å²) in [6, 6.07) is 0. The molecule has 5 aliphatic carbocycles. The zero-order valence-electron chi connectivity index (χ0n) is 26.2. The first kappa shape index (κ1) is 30.2. The minimum atomic E-state index is -1.57. The number of hydrogen-bond donors (Lipinski definition) is 5. The molecule has 2 bridgehead atoms. The van der Waals surface area contributed by atoms with Crippen LogP contribution in [0.2, 0.25) is 0 Å². The van der Waals surface area contributed by atoms with Crippen molar-refractivity contribution in [3.63, 3.8) is 0 Å². The molecule has 2 heterocycles. The van der Waals surface area contributed by atoms with Gasteiger partial charge in [0, 0.05) is 49.6 Å². The summed E-state index contributed by atoms with van der Waals surface area (Å²) in [5.74, 6) is 1.08. The van der Waals surface area contributed by atoms with Crippen LogP contribution in [-0.2, 0) is 9.53 Å². The number of fused-ring (bicyclic) bond motifs is 3. The van der Waals surface area contributed by atoms with E-state index in [4.69, 9.17) is 10.5 Å². The van der Waals surface area contributed by atoms with E-state index in [1.165, 1.54) is 0 Å². The molecule has 0 aromatic carbocycles. The largest absolute Gasteiger partial charge is 0.478 e. The van der Waals surface area contributed by atoms with E-state index in [2.05, 4.69) is 47.6 Å². The van der Waals surface area contributed by atoms with E-state index in [0.717, 1.165) is 37.7 Å². The van der Waals surface area contributed by atoms with Gasteiger partial charge in [-0.1, -0.05) is 37.3 Å². The lowest BCUT2D eigenvalue weighted by molar-refractivity contribution is -0.199. The van der Waals surface area contributed by atoms with E-state index in [1.807, 2.05) is 11.1 Å². The summed E-state index contributed by atoms with van der Waals surface area (Å²) in [5.41, 5.74) is 5.14. The number of aliphatic hydroxyl groups is 2. The number of carboxylic acids is 1. The highest BCUT2D eigenvalue weighted by molar-refractivity contribution is 5.92. The average molecular weight is 607 g/mol. The van der Waals surface area contributed by atoms with Crippen LogP contribution in [-0.4, -0.2) is 83.2 Å². The Bertz CT molecular complexity index is 1320. The molecular weight excluding hydrogens is 556 g/mol. The first-order valence-electron chi connectivity index (χ1n) is 16.9. The third kappa shape index (κ3) is 4.11. The van der Waals surface area contributed by atoms with Gasteiger partial charge in [-0.2, -0.15) is 0 Å². The first-order valence-corrected chi connectivity index (χ1v) is 16.9. The van der Waals surface area contributed by atoms with Crippen LogP contribution in [0.5, 0.6) is 0 Å². The lowest BCUT2D eigenvalue weighted by Gasteiger charge is -2.61. The summed E-state index contributed by atoms with van der Waals surface area (Å²) in [5, 5.41) is 37.0. The molecular formula is C35H50N4O5. The van der Waals surface area contributed by atoms with Crippen LogP contribution in [0, 0.1) is 46.3 Å². The molecule has 0 radical (unpaired) electrons. The molecule has 4 fully saturated rings. The van der Waals surface area contributed by atoms with E-state index in [9.17, 15) is 20.1 Å². The smallest absolute Gasteiger partial charge is 0.334 e. The van der Waals surface area contributed by atoms with Gasteiger partial charge in [-0.25, -0.2) is 4.79 Å². The molecule has 11 atom stereocenters. The lowest BCUT2D eigenvalue weighted by Crippen LogP contribution is -2.63. The highest BCUT2D eigenvalue weighted by atomic mass is 16.5. The number of aliphatic carboxylic acids is 1. The fourth-order valence-electron chi connectivity index (χ4n) is 11.5. The summed E-state index contributed by atoms with van der Waals surface area (Å²) in [6.45, 7) is 4.11. The second kappa shape index (κ2) is 11.1. The summed E-state index contributed by atoms with van der Waals surface area (Å²) >= 11 is 0. The molecule has 7 rings (SSSR count). The number of aliphatic hydroxyl groups excluding tert-OH is 1. The SMILES string of the molecule is CN=C(N)N1C=CC(CNCCO)C2(C1)C1CCC(C)C23CC(O)(C2CCC4CCC5C=CC=CC5C4O2)C(C(=O)O)=C3C1. The minimum Gasteiger partial charge on any atom is -0.478 e. The number of carbonyl (C=O) groups is 1. The zero-order valence-corrected chi connectivity index (χ0v) is 26.2. The molecule has 9 nitrogen and oxygen atoms in total. The third-order valence-electron chi connectivity index (χ3n) is 13.3. The van der Waals surface area contributed by atoms with Gasteiger partial charge in [0.1, 0.15) is 5.60 Å². The maximum absolute atomic E-state index is 13.4. The van der Waals surface area contributed by atoms with Crippen LogP contribution in [0.4, 0.5) is 0 Å². The molecule has 240 valence electrons. The Morgan fingerprint density at radius 1 is 1.16 bits per heavy atom. The first-order chi connectivity index (χ1) is 21.2. The Balaban J connectivity index is 1.32. The molecule has 2 aliphatic heterocycles. The molecule has 0 aromatic rings. The van der Waals surface area contributed by atoms with Gasteiger partial charge >= 0.3 is 5.97 Å². The topological polar surface area (TPSA) is 141 Å². The fraction of sp³-hybridized carbons (Fsp3) is 0.714. The van der Waals surface area contributed by atoms with Crippen LogP contribution in [0.25, 0.3) is 0 Å². The van der Waals surface area contributed by atoms with Crippen molar-refractivity contribution in [2.45, 2.75) is 76.1 Å². The predicted molar refractivity (Wildman–Crippen MR) is 168 cm³/mol. The van der Waals surface area contributed by atoms with Crippen molar-refractivity contribution in [2.75, 3.05) is 33.3 Å². The van der Waals surface area contributed by atoms with Crippen molar-refractivity contribution in [1.29, 1.82) is 0 Å². The number of hydrogen-bond acceptors (Lipinski definition) is 6. The number of allylic oxidation sites excluding steroid dienone is 4. The number of carboxylic acid groups (broad SMARTS) is 1. The number of rotatable bonds is 6. The number of aliphatic imine (C=N–C) groups is 1. The van der Waals surface area contributed by atoms with Crippen molar-refractivity contribution in [3.05, 3.63) is 47.7 Å². The van der Waals surface area contributed by atoms with Gasteiger partial charge in [-0.15, -0.1) is 0 Å². The highest BCUT2D eigenvalue weighted by Crippen LogP contribution is 2.77. The minimum absolute atomic E-state index is 0.00898. The van der Waals surface area contributed by atoms with Gasteiger partial charge < -0.3 is 36.0 Å². The summed E-state index contributed by atoms with van der Waals surface area (Å²) in [4.78, 5) is 19.7. The molecule has 7 aliphatic rings. The van der Waals surface area contributed by atoms with Gasteiger partial charge in [-0.3, -0.25) is 4.99 Å². The molecule has 11 unspecified atom stereocenters. The van der Waals surface area contributed by atoms with Crippen LogP contribution >= 0.6 is 0 Å². The molecule has 44 heavy (non-hydrogen) atoms. The molecule has 0 aromatic heterocycles. The van der Waals surface area contributed by atoms with Gasteiger partial charge in [0.15, 0.2) is 5.96 Å². The monoisotopic (exact) mass is 606 g/mol. The van der Waals surface area contributed by atoms with Gasteiger partial charge in [-0.05, 0) is 86.5 Å². The van der Waals surface area contributed by atoms with Crippen molar-refractivity contribution >= 4 is 11.9 Å². The van der Waals surface area contributed by atoms with Crippen LogP contribution < -0.4 is 11.1 Å². The van der Waals surface area contributed by atoms with E-state index < -0.39 is 23.1 Å². The number of nitrogens with two attached hydrogens (primary N) is 1. The number of ether oxygens (including phenoxy) is 1. The maximum Gasteiger partial charge on any atom is 0.334 e. The second-order valence-corrected chi connectivity index (χ2v) is 14.8. The second-order valence-electron chi connectivity index (χ2n) is 14.8. The van der Waals surface area contributed by atoms with E-state index in [-0.39, 0.29) is 47.4 Å². The molecule has 2 spiro atoms. The summed E-state index contributed by atoms with van der Waals surface area (Å²) in [7, 11) is 1.70. The molecule has 6 N–H and O–H groups in total. The number of nitrogens with one attached hydrogen (secondary N) is 1. The standard InChI is InChI=1S/C35H50N4O5/c1-21-7-11-24-17-27-29(31(41)42)35(43,28-12-10-23-9-8-22-5-3-4-6-26(22)30(23)44-28)19-33(21,27)34(24)20-39(32(36)37-2)15-13-25(34)18-38-14-16-40/h3-6,13,15,21-26,28,30,38,40,43H,7-12,14,16-20H2,1-2H3,(H2,36,37)(H,41,42). The molecule has 0 amide bonds. The van der Waals surface area contributed by atoms with E-state index in [1.54, 1.807) is 7.05 Å². The van der Waals surface area contributed by atoms with Gasteiger partial charge in [0.05, 0.1) is 24.4 Å². The fourth-order valence-corrected chi connectivity index (χ4v) is 11.5. The Labute approximate surface area is 261 Å². The van der Waals surface area contributed by atoms with Crippen molar-refractivity contribution in [2.24, 2.45) is 57.1 Å². The van der Waals surface area contributed by atoms with Crippen LogP contribution in [0.15, 0.2) is 52.7 Å². The van der Waals surface area contributed by atoms with Crippen LogP contribution in [0.3, 0.4) is 0 Å². The van der Waals surface area contributed by atoms with Crippen molar-refractivity contribution in [1.82, 2.24) is 10.2 Å². The molecule has 1 saturated heterocycles. The average Bonchev–Trinajstić information content (AvgIpc) is 3.39. The zero-order chi connectivity index (χ0) is 30.9. The summed E-state index contributed by atoms with van der Waals surface area (Å²) in [6.07, 6.45) is 19.4. The quantitative estimate of drug-likeness (QED) is 0.176. The lowest BCUT2D eigenvalue weighted by atomic mass is 9.45. The predicted octanol–water partition coefficient (Wildman–Crippen LogP) is 3.21. The normalized spacial score (nSPS) is 45.9. The Kier molecular flexibility index (Phi) is 7.63. The van der Waals surface area contributed by atoms with Crippen molar-refractivity contribution in [3.8, 4) is 0 Å². The van der Waals surface area contributed by atoms with E-state index in [0.29, 0.717) is 56.7 Å². The number of guanidine groups is 1. The van der Waals surface area contributed by atoms with Gasteiger partial charge in [0.25, 0.3) is 0 Å². The van der Waals surface area contributed by atoms with Crippen LogP contribution in [0.1, 0.15) is 58.3 Å². The van der Waals surface area contributed by atoms with Gasteiger partial charge in [0.2, 0.25) is 0 Å². The molecule has 3 saturated carbocycles. The highest BCUT2D eigenvalue weighted by Gasteiger charge is 2.76. The summed E-state index contributed by atoms with van der Waals surface area (Å²) < 4.78 is 6.98. The number of nitrogens with zero attached hydrogens (tertiary/aromatic N) is 2. The van der Waals surface area contributed by atoms with E-state index >= 15 is 0 Å².